The maximum atomic E-state index is 11.3. The quantitative estimate of drug-likeness (QED) is 0.283. The maximum absolute atomic E-state index is 11.3. The van der Waals surface area contributed by atoms with Gasteiger partial charge < -0.3 is 19.5 Å². The minimum absolute atomic E-state index is 0.363. The number of carbonyl (C=O) groups is 1. The average molecular weight is 342 g/mol. The lowest BCUT2D eigenvalue weighted by molar-refractivity contribution is -0.933. The summed E-state index contributed by atoms with van der Waals surface area (Å²) >= 11 is 0. The van der Waals surface area contributed by atoms with Crippen LogP contribution in [0.5, 0.6) is 0 Å². The van der Waals surface area contributed by atoms with Gasteiger partial charge in [-0.3, -0.25) is 0 Å². The molecule has 0 fully saturated rings. The standard InChI is InChI=1S/C20H39NO3/c1-5-8-11-12-13-19(22)17-21(14-9-6-2,15-10-7-3)16-18(4)20(23)24/h5,8,18-19,22H,6-7,9-17H2,1-4H3/b8-5+. The molecule has 142 valence electrons. The summed E-state index contributed by atoms with van der Waals surface area (Å²) in [7, 11) is 0. The first-order chi connectivity index (χ1) is 11.4. The molecule has 0 heterocycles. The second-order valence-corrected chi connectivity index (χ2v) is 7.23. The van der Waals surface area contributed by atoms with Crippen molar-refractivity contribution < 1.29 is 19.5 Å². The smallest absolute Gasteiger partial charge is 0.105 e. The molecule has 4 heteroatoms. The Morgan fingerprint density at radius 2 is 1.71 bits per heavy atom. The number of rotatable bonds is 15. The van der Waals surface area contributed by atoms with Crippen molar-refractivity contribution in [2.75, 3.05) is 26.2 Å². The number of aliphatic carboxylic acids is 1. The Kier molecular flexibility index (Phi) is 12.9. The monoisotopic (exact) mass is 341 g/mol. The van der Waals surface area contributed by atoms with Crippen LogP contribution in [0.3, 0.4) is 0 Å². The van der Waals surface area contributed by atoms with Gasteiger partial charge in [-0.25, -0.2) is 0 Å². The fraction of sp³-hybridized carbons (Fsp3) is 0.850. The van der Waals surface area contributed by atoms with E-state index >= 15 is 0 Å². The van der Waals surface area contributed by atoms with Crippen LogP contribution in [0.25, 0.3) is 0 Å². The van der Waals surface area contributed by atoms with Crippen molar-refractivity contribution in [2.45, 2.75) is 78.7 Å². The molecule has 0 spiro atoms. The van der Waals surface area contributed by atoms with E-state index in [9.17, 15) is 15.0 Å². The first kappa shape index (κ1) is 23.1. The Morgan fingerprint density at radius 3 is 2.17 bits per heavy atom. The normalized spacial score (nSPS) is 14.9. The van der Waals surface area contributed by atoms with Gasteiger partial charge in [-0.2, -0.15) is 0 Å². The zero-order chi connectivity index (χ0) is 18.4. The van der Waals surface area contributed by atoms with Crippen LogP contribution >= 0.6 is 0 Å². The summed E-state index contributed by atoms with van der Waals surface area (Å²) in [6, 6.07) is 0. The molecule has 0 aromatic heterocycles. The third kappa shape index (κ3) is 10.1. The summed E-state index contributed by atoms with van der Waals surface area (Å²) in [5, 5.41) is 21.8. The number of carbonyl (C=O) groups excluding carboxylic acids is 1. The number of aliphatic hydroxyl groups excluding tert-OH is 1. The molecule has 0 aromatic carbocycles. The molecule has 0 bridgehead atoms. The molecular weight excluding hydrogens is 302 g/mol. The molecule has 2 unspecified atom stereocenters. The summed E-state index contributed by atoms with van der Waals surface area (Å²) in [5.41, 5.74) is 0. The fourth-order valence-corrected chi connectivity index (χ4v) is 3.37. The van der Waals surface area contributed by atoms with E-state index < -0.39 is 11.9 Å². The van der Waals surface area contributed by atoms with E-state index in [4.69, 9.17) is 0 Å². The van der Waals surface area contributed by atoms with Gasteiger partial charge in [0.1, 0.15) is 12.6 Å². The largest absolute Gasteiger partial charge is 0.550 e. The highest BCUT2D eigenvalue weighted by molar-refractivity contribution is 5.67. The van der Waals surface area contributed by atoms with Gasteiger partial charge in [-0.1, -0.05) is 45.8 Å². The number of quaternary nitrogens is 1. The minimum Gasteiger partial charge on any atom is -0.550 e. The molecule has 0 aliphatic heterocycles. The van der Waals surface area contributed by atoms with E-state index in [1.165, 1.54) is 0 Å². The molecule has 0 amide bonds. The third-order valence-electron chi connectivity index (χ3n) is 4.78. The van der Waals surface area contributed by atoms with Gasteiger partial charge in [-0.15, -0.1) is 0 Å². The molecule has 0 saturated carbocycles. The molecule has 0 radical (unpaired) electrons. The van der Waals surface area contributed by atoms with Crippen molar-refractivity contribution in [1.29, 1.82) is 0 Å². The lowest BCUT2D eigenvalue weighted by Gasteiger charge is -2.42. The summed E-state index contributed by atoms with van der Waals surface area (Å²) < 4.78 is 0.710. The lowest BCUT2D eigenvalue weighted by Crippen LogP contribution is -2.57. The summed E-state index contributed by atoms with van der Waals surface area (Å²) in [4.78, 5) is 11.3. The van der Waals surface area contributed by atoms with Crippen molar-refractivity contribution in [3.05, 3.63) is 12.2 Å². The lowest BCUT2D eigenvalue weighted by atomic mass is 10.0. The van der Waals surface area contributed by atoms with E-state index in [2.05, 4.69) is 19.9 Å². The minimum atomic E-state index is -0.979. The van der Waals surface area contributed by atoms with Crippen molar-refractivity contribution in [3.8, 4) is 0 Å². The zero-order valence-electron chi connectivity index (χ0n) is 16.3. The number of allylic oxidation sites excluding steroid dienone is 2. The Morgan fingerprint density at radius 1 is 1.12 bits per heavy atom. The Bertz CT molecular complexity index is 347. The van der Waals surface area contributed by atoms with E-state index in [-0.39, 0.29) is 6.10 Å². The van der Waals surface area contributed by atoms with Crippen LogP contribution in [0.4, 0.5) is 0 Å². The van der Waals surface area contributed by atoms with Crippen LogP contribution < -0.4 is 5.11 Å². The number of carboxylic acids is 1. The molecule has 1 N–H and O–H groups in total. The predicted octanol–water partition coefficient (Wildman–Crippen LogP) is 2.90. The predicted molar refractivity (Wildman–Crippen MR) is 98.4 cm³/mol. The second-order valence-electron chi connectivity index (χ2n) is 7.23. The number of carboxylic acid groups (broad SMARTS) is 1. The van der Waals surface area contributed by atoms with Gasteiger partial charge in [0.05, 0.1) is 19.6 Å². The topological polar surface area (TPSA) is 60.4 Å². The van der Waals surface area contributed by atoms with Crippen LogP contribution in [0.15, 0.2) is 12.2 Å². The number of nitrogens with zero attached hydrogens (tertiary/aromatic N) is 1. The summed E-state index contributed by atoms with van der Waals surface area (Å²) in [6.45, 7) is 11.2. The molecule has 0 rings (SSSR count). The van der Waals surface area contributed by atoms with Crippen LogP contribution in [0.1, 0.15) is 72.6 Å². The number of unbranched alkanes of at least 4 members (excludes halogenated alkanes) is 3. The fourth-order valence-electron chi connectivity index (χ4n) is 3.37. The van der Waals surface area contributed by atoms with Crippen LogP contribution in [-0.4, -0.2) is 47.8 Å². The van der Waals surface area contributed by atoms with E-state index in [1.807, 2.05) is 13.0 Å². The molecule has 24 heavy (non-hydrogen) atoms. The average Bonchev–Trinajstić information content (AvgIpc) is 2.54. The molecule has 0 saturated heterocycles. The van der Waals surface area contributed by atoms with E-state index in [0.717, 1.165) is 58.0 Å². The third-order valence-corrected chi connectivity index (χ3v) is 4.78. The first-order valence-electron chi connectivity index (χ1n) is 9.76. The van der Waals surface area contributed by atoms with Gasteiger partial charge in [0.15, 0.2) is 0 Å². The number of hydrogen-bond acceptors (Lipinski definition) is 3. The van der Waals surface area contributed by atoms with Crippen molar-refractivity contribution >= 4 is 5.97 Å². The summed E-state index contributed by atoms with van der Waals surface area (Å²) in [6.07, 6.45) is 10.9. The van der Waals surface area contributed by atoms with Gasteiger partial charge in [0.2, 0.25) is 0 Å². The van der Waals surface area contributed by atoms with Gasteiger partial charge in [-0.05, 0) is 39.0 Å². The van der Waals surface area contributed by atoms with E-state index in [1.54, 1.807) is 6.92 Å². The SMILES string of the molecule is C/C=C/CCCC(O)C[N+](CCCC)(CCCC)CC(C)C(=O)[O-]. The Hall–Kier alpha value is -0.870. The van der Waals surface area contributed by atoms with Gasteiger partial charge in [0.25, 0.3) is 0 Å². The molecule has 2 atom stereocenters. The molecule has 0 aliphatic rings. The van der Waals surface area contributed by atoms with Crippen LogP contribution in [0.2, 0.25) is 0 Å². The van der Waals surface area contributed by atoms with Gasteiger partial charge >= 0.3 is 0 Å². The van der Waals surface area contributed by atoms with Crippen molar-refractivity contribution in [3.63, 3.8) is 0 Å². The number of hydrogen-bond donors (Lipinski definition) is 1. The molecule has 4 nitrogen and oxygen atoms in total. The highest BCUT2D eigenvalue weighted by atomic mass is 16.4. The van der Waals surface area contributed by atoms with Gasteiger partial charge in [0, 0.05) is 11.9 Å². The molecular formula is C20H39NO3. The first-order valence-corrected chi connectivity index (χ1v) is 9.76. The maximum Gasteiger partial charge on any atom is 0.105 e. The second kappa shape index (κ2) is 13.4. The zero-order valence-corrected chi connectivity index (χ0v) is 16.3. The number of aliphatic hydroxyl groups is 1. The Balaban J connectivity index is 4.96. The van der Waals surface area contributed by atoms with E-state index in [0.29, 0.717) is 17.6 Å². The Labute approximate surface area is 149 Å². The van der Waals surface area contributed by atoms with Crippen LogP contribution in [0, 0.1) is 5.92 Å². The highest BCUT2D eigenvalue weighted by Crippen LogP contribution is 2.19. The van der Waals surface area contributed by atoms with Crippen molar-refractivity contribution in [2.24, 2.45) is 5.92 Å². The summed E-state index contributed by atoms with van der Waals surface area (Å²) in [5.74, 6) is -1.46. The molecule has 0 aliphatic carbocycles. The van der Waals surface area contributed by atoms with Crippen molar-refractivity contribution in [1.82, 2.24) is 0 Å². The van der Waals surface area contributed by atoms with Crippen LogP contribution in [-0.2, 0) is 4.79 Å². The highest BCUT2D eigenvalue weighted by Gasteiger charge is 2.31. The molecule has 0 aromatic rings.